The molecule has 1 atom stereocenters. The average Bonchev–Trinajstić information content (AvgIpc) is 2.91. The van der Waals surface area contributed by atoms with Crippen LogP contribution in [0.2, 0.25) is 5.02 Å². The molecule has 1 aromatic heterocycles. The van der Waals surface area contributed by atoms with Gasteiger partial charge in [-0.2, -0.15) is 0 Å². The molecule has 0 radical (unpaired) electrons. The number of anilines is 2. The lowest BCUT2D eigenvalue weighted by Gasteiger charge is -2.22. The zero-order valence-corrected chi connectivity index (χ0v) is 22.4. The van der Waals surface area contributed by atoms with Crippen LogP contribution in [0.5, 0.6) is 5.75 Å². The van der Waals surface area contributed by atoms with E-state index in [0.717, 1.165) is 0 Å². The molecule has 2 aromatic rings. The summed E-state index contributed by atoms with van der Waals surface area (Å²) >= 11 is 5.86. The molecule has 202 valence electrons. The van der Waals surface area contributed by atoms with E-state index in [4.69, 9.17) is 26.5 Å². The van der Waals surface area contributed by atoms with Gasteiger partial charge in [0.25, 0.3) is 5.91 Å². The summed E-state index contributed by atoms with van der Waals surface area (Å²) in [6.45, 7) is 7.97. The number of nitrogens with zero attached hydrogens (tertiary/aromatic N) is 2. The van der Waals surface area contributed by atoms with Gasteiger partial charge in [-0.15, -0.1) is 6.58 Å². The van der Waals surface area contributed by atoms with E-state index in [2.05, 4.69) is 22.2 Å². The van der Waals surface area contributed by atoms with E-state index < -0.39 is 17.8 Å². The number of pyridine rings is 1. The molecule has 10 nitrogen and oxygen atoms in total. The number of carbonyl (C=O) groups excluding carboxylic acids is 3. The van der Waals surface area contributed by atoms with Gasteiger partial charge in [0.1, 0.15) is 17.4 Å². The summed E-state index contributed by atoms with van der Waals surface area (Å²) in [4.78, 5) is 43.2. The van der Waals surface area contributed by atoms with Crippen molar-refractivity contribution in [1.82, 2.24) is 9.88 Å². The summed E-state index contributed by atoms with van der Waals surface area (Å²) in [5.41, 5.74) is 0.300. The highest BCUT2D eigenvalue weighted by Crippen LogP contribution is 2.24. The minimum absolute atomic E-state index is 0.0835. The summed E-state index contributed by atoms with van der Waals surface area (Å²) in [5.74, 6) is -0.945. The number of amides is 2. The first-order valence-electron chi connectivity index (χ1n) is 11.9. The molecule has 0 bridgehead atoms. The number of allylic oxidation sites excluding steroid dienone is 1. The predicted molar refractivity (Wildman–Crippen MR) is 148 cm³/mol. The topological polar surface area (TPSA) is 134 Å². The number of benzene rings is 1. The Hall–Kier alpha value is -4.18. The molecule has 11 heteroatoms. The number of carbonyl (C=O) groups is 3. The molecule has 2 amide bonds. The van der Waals surface area contributed by atoms with E-state index >= 15 is 0 Å². The first kappa shape index (κ1) is 30.0. The minimum atomic E-state index is -0.566. The van der Waals surface area contributed by atoms with Crippen molar-refractivity contribution >= 4 is 46.7 Å². The van der Waals surface area contributed by atoms with Crippen LogP contribution >= 0.6 is 11.6 Å². The molecule has 0 saturated heterocycles. The highest BCUT2D eigenvalue weighted by Gasteiger charge is 2.17. The Bertz CT molecular complexity index is 1180. The quantitative estimate of drug-likeness (QED) is 0.111. The molecular weight excluding hydrogens is 510 g/mol. The second kappa shape index (κ2) is 15.2. The van der Waals surface area contributed by atoms with Crippen LogP contribution in [0.15, 0.2) is 61.3 Å². The number of halogens is 1. The van der Waals surface area contributed by atoms with Crippen LogP contribution in [0.3, 0.4) is 0 Å². The largest absolute Gasteiger partial charge is 0.482 e. The fraction of sp³-hybridized carbons (Fsp3) is 0.296. The number of nitrogens with one attached hydrogen (secondary N) is 3. The number of amidine groups is 1. The number of hydrogen-bond acceptors (Lipinski definition) is 7. The Morgan fingerprint density at radius 3 is 2.61 bits per heavy atom. The Labute approximate surface area is 227 Å². The molecular formula is C27H32ClN5O5. The van der Waals surface area contributed by atoms with Crippen molar-refractivity contribution in [3.8, 4) is 5.75 Å². The Balaban J connectivity index is 2.20. The molecule has 0 aliphatic carbocycles. The van der Waals surface area contributed by atoms with E-state index in [1.165, 1.54) is 36.5 Å². The normalized spacial score (nSPS) is 11.4. The summed E-state index contributed by atoms with van der Waals surface area (Å²) in [6.07, 6.45) is 6.45. The standard InChI is InChI=1S/C27H32ClN5O5/c1-5-18(26(29)33(4)6-2)9-8-10-24(34)31-22-13-12-20(38-17-25(35)37-7-3)15-21(22)27(36)32-23-14-11-19(28)16-30-23/h5,8,10-16,18,29H,1,6-7,9,17H2,2-4H3,(H,31,34)(H,30,32,36)/b10-8+,29-26?. The molecule has 0 saturated carbocycles. The molecule has 1 unspecified atom stereocenters. The molecule has 38 heavy (non-hydrogen) atoms. The van der Waals surface area contributed by atoms with Gasteiger partial charge in [-0.25, -0.2) is 9.78 Å². The third-order valence-corrected chi connectivity index (χ3v) is 5.53. The number of aromatic nitrogens is 1. The van der Waals surface area contributed by atoms with Crippen LogP contribution in [0.1, 0.15) is 30.6 Å². The van der Waals surface area contributed by atoms with Gasteiger partial charge >= 0.3 is 5.97 Å². The molecule has 1 aromatic carbocycles. The van der Waals surface area contributed by atoms with Crippen LogP contribution in [0.25, 0.3) is 0 Å². The Morgan fingerprint density at radius 1 is 1.21 bits per heavy atom. The Morgan fingerprint density at radius 2 is 1.97 bits per heavy atom. The van der Waals surface area contributed by atoms with Crippen molar-refractivity contribution in [3.63, 3.8) is 0 Å². The van der Waals surface area contributed by atoms with Crippen LogP contribution in [-0.2, 0) is 14.3 Å². The number of hydrogen-bond donors (Lipinski definition) is 3. The van der Waals surface area contributed by atoms with Gasteiger partial charge in [0.2, 0.25) is 5.91 Å². The first-order chi connectivity index (χ1) is 18.2. The number of rotatable bonds is 13. The van der Waals surface area contributed by atoms with Crippen molar-refractivity contribution < 1.29 is 23.9 Å². The SMILES string of the molecule is C=CC(C/C=C/C(=O)Nc1ccc(OCC(=O)OCC)cc1C(=O)Nc1ccc(Cl)cn1)C(=N)N(C)CC. The lowest BCUT2D eigenvalue weighted by atomic mass is 10.0. The van der Waals surface area contributed by atoms with Gasteiger partial charge in [0.05, 0.1) is 22.9 Å². The summed E-state index contributed by atoms with van der Waals surface area (Å²) in [6, 6.07) is 7.52. The van der Waals surface area contributed by atoms with Crippen molar-refractivity contribution in [2.24, 2.45) is 5.92 Å². The second-order valence-corrected chi connectivity index (χ2v) is 8.42. The number of ether oxygens (including phenoxy) is 2. The third-order valence-electron chi connectivity index (χ3n) is 5.31. The Kier molecular flexibility index (Phi) is 12.0. The zero-order chi connectivity index (χ0) is 28.1. The van der Waals surface area contributed by atoms with E-state index in [1.807, 2.05) is 14.0 Å². The molecule has 3 N–H and O–H groups in total. The molecule has 0 aliphatic heterocycles. The van der Waals surface area contributed by atoms with Crippen LogP contribution < -0.4 is 15.4 Å². The van der Waals surface area contributed by atoms with Gasteiger partial charge in [-0.3, -0.25) is 15.0 Å². The summed E-state index contributed by atoms with van der Waals surface area (Å²) in [7, 11) is 1.82. The average molecular weight is 542 g/mol. The fourth-order valence-electron chi connectivity index (χ4n) is 3.16. The molecule has 1 heterocycles. The minimum Gasteiger partial charge on any atom is -0.482 e. The van der Waals surface area contributed by atoms with Gasteiger partial charge in [-0.1, -0.05) is 23.8 Å². The van der Waals surface area contributed by atoms with Gasteiger partial charge in [0.15, 0.2) is 6.61 Å². The molecule has 0 fully saturated rings. The van der Waals surface area contributed by atoms with Crippen molar-refractivity contribution in [3.05, 3.63) is 71.9 Å². The van der Waals surface area contributed by atoms with Gasteiger partial charge < -0.3 is 25.0 Å². The van der Waals surface area contributed by atoms with Gasteiger partial charge in [-0.05, 0) is 56.7 Å². The van der Waals surface area contributed by atoms with E-state index in [9.17, 15) is 14.4 Å². The molecule has 0 spiro atoms. The number of esters is 1. The summed E-state index contributed by atoms with van der Waals surface area (Å²) < 4.78 is 10.3. The maximum atomic E-state index is 13.1. The highest BCUT2D eigenvalue weighted by molar-refractivity contribution is 6.30. The van der Waals surface area contributed by atoms with E-state index in [1.54, 1.807) is 30.0 Å². The lowest BCUT2D eigenvalue weighted by Crippen LogP contribution is -2.31. The van der Waals surface area contributed by atoms with Crippen LogP contribution in [0.4, 0.5) is 11.5 Å². The zero-order valence-electron chi connectivity index (χ0n) is 21.6. The van der Waals surface area contributed by atoms with Crippen molar-refractivity contribution in [2.75, 3.05) is 37.4 Å². The lowest BCUT2D eigenvalue weighted by molar-refractivity contribution is -0.145. The fourth-order valence-corrected chi connectivity index (χ4v) is 3.27. The molecule has 2 rings (SSSR count). The molecule has 0 aliphatic rings. The summed E-state index contributed by atoms with van der Waals surface area (Å²) in [5, 5.41) is 14.0. The first-order valence-corrected chi connectivity index (χ1v) is 12.3. The monoisotopic (exact) mass is 541 g/mol. The maximum absolute atomic E-state index is 13.1. The predicted octanol–water partition coefficient (Wildman–Crippen LogP) is 4.55. The smallest absolute Gasteiger partial charge is 0.344 e. The second-order valence-electron chi connectivity index (χ2n) is 7.99. The maximum Gasteiger partial charge on any atom is 0.344 e. The van der Waals surface area contributed by atoms with Crippen molar-refractivity contribution in [1.29, 1.82) is 5.41 Å². The van der Waals surface area contributed by atoms with E-state index in [0.29, 0.717) is 23.8 Å². The third kappa shape index (κ3) is 9.36. The van der Waals surface area contributed by atoms with E-state index in [-0.39, 0.29) is 41.9 Å². The highest BCUT2D eigenvalue weighted by atomic mass is 35.5. The van der Waals surface area contributed by atoms with Crippen LogP contribution in [-0.4, -0.2) is 60.3 Å². The van der Waals surface area contributed by atoms with Crippen LogP contribution in [0, 0.1) is 11.3 Å². The van der Waals surface area contributed by atoms with Crippen molar-refractivity contribution in [2.45, 2.75) is 20.3 Å². The van der Waals surface area contributed by atoms with Gasteiger partial charge in [0, 0.05) is 25.7 Å².